The molecule has 0 heterocycles. The average molecular weight is 341 g/mol. The third kappa shape index (κ3) is 8.50. The van der Waals surface area contributed by atoms with E-state index in [4.69, 9.17) is 4.89 Å². The van der Waals surface area contributed by atoms with Crippen LogP contribution in [0.2, 0.25) is 0 Å². The Morgan fingerprint density at radius 3 is 2.30 bits per heavy atom. The van der Waals surface area contributed by atoms with Gasteiger partial charge < -0.3 is 15.5 Å². The Kier molecular flexibility index (Phi) is 7.42. The van der Waals surface area contributed by atoms with Crippen molar-refractivity contribution in [3.8, 4) is 0 Å². The average Bonchev–Trinajstić information content (AvgIpc) is 2.42. The largest absolute Gasteiger partial charge is 0.351 e. The van der Waals surface area contributed by atoms with Crippen molar-refractivity contribution in [1.29, 1.82) is 0 Å². The van der Waals surface area contributed by atoms with Crippen molar-refractivity contribution in [3.63, 3.8) is 0 Å². The summed E-state index contributed by atoms with van der Waals surface area (Å²) in [7, 11) is -3.27. The SMILES string of the molecule is CC(C)CC(=O)Nc1ccc(C(=O)NCCNP(C)(=O)O)cc1. The lowest BCUT2D eigenvalue weighted by molar-refractivity contribution is -0.116. The monoisotopic (exact) mass is 341 g/mol. The van der Waals surface area contributed by atoms with Crippen molar-refractivity contribution in [3.05, 3.63) is 29.8 Å². The molecule has 0 radical (unpaired) electrons. The van der Waals surface area contributed by atoms with Gasteiger partial charge in [-0.15, -0.1) is 0 Å². The summed E-state index contributed by atoms with van der Waals surface area (Å²) in [5.41, 5.74) is 1.09. The van der Waals surface area contributed by atoms with Crippen LogP contribution in [0.3, 0.4) is 0 Å². The summed E-state index contributed by atoms with van der Waals surface area (Å²) in [4.78, 5) is 32.6. The van der Waals surface area contributed by atoms with E-state index in [9.17, 15) is 14.2 Å². The fourth-order valence-electron chi connectivity index (χ4n) is 1.83. The number of nitrogens with one attached hydrogen (secondary N) is 3. The Labute approximate surface area is 136 Å². The zero-order valence-corrected chi connectivity index (χ0v) is 14.5. The van der Waals surface area contributed by atoms with Gasteiger partial charge in [-0.25, -0.2) is 5.09 Å². The highest BCUT2D eigenvalue weighted by Gasteiger charge is 2.09. The number of carbonyl (C=O) groups is 2. The van der Waals surface area contributed by atoms with E-state index in [1.54, 1.807) is 24.3 Å². The van der Waals surface area contributed by atoms with E-state index in [-0.39, 0.29) is 30.8 Å². The standard InChI is InChI=1S/C15H24N3O4P/c1-11(2)10-14(19)18-13-6-4-12(5-7-13)15(20)16-8-9-17-23(3,21)22/h4-7,11H,8-10H2,1-3H3,(H,16,20)(H,18,19)(H2,17,21,22). The third-order valence-corrected chi connectivity index (χ3v) is 3.65. The molecule has 0 aliphatic carbocycles. The normalized spacial score (nSPS) is 13.4. The summed E-state index contributed by atoms with van der Waals surface area (Å²) in [5, 5.41) is 7.83. The molecule has 8 heteroatoms. The van der Waals surface area contributed by atoms with Crippen LogP contribution in [0, 0.1) is 5.92 Å². The molecule has 1 aromatic rings. The Morgan fingerprint density at radius 2 is 1.78 bits per heavy atom. The summed E-state index contributed by atoms with van der Waals surface area (Å²) in [6.45, 7) is 5.58. The van der Waals surface area contributed by atoms with E-state index in [0.29, 0.717) is 17.7 Å². The summed E-state index contributed by atoms with van der Waals surface area (Å²) in [5.74, 6) is -0.0574. The molecule has 0 spiro atoms. The minimum absolute atomic E-state index is 0.0590. The lowest BCUT2D eigenvalue weighted by Crippen LogP contribution is -2.30. The number of anilines is 1. The summed E-state index contributed by atoms with van der Waals surface area (Å²) >= 11 is 0. The van der Waals surface area contributed by atoms with E-state index >= 15 is 0 Å². The van der Waals surface area contributed by atoms with Crippen molar-refractivity contribution in [2.24, 2.45) is 5.92 Å². The van der Waals surface area contributed by atoms with Crippen molar-refractivity contribution < 1.29 is 19.0 Å². The lowest BCUT2D eigenvalue weighted by Gasteiger charge is -2.10. The van der Waals surface area contributed by atoms with Gasteiger partial charge in [-0.1, -0.05) is 13.8 Å². The third-order valence-electron chi connectivity index (χ3n) is 2.84. The van der Waals surface area contributed by atoms with Crippen molar-refractivity contribution in [1.82, 2.24) is 10.4 Å². The van der Waals surface area contributed by atoms with Crippen LogP contribution in [0.4, 0.5) is 5.69 Å². The Balaban J connectivity index is 2.45. The van der Waals surface area contributed by atoms with Crippen LogP contribution in [-0.2, 0) is 9.36 Å². The van der Waals surface area contributed by atoms with E-state index in [1.165, 1.54) is 6.66 Å². The maximum atomic E-state index is 11.9. The fraction of sp³-hybridized carbons (Fsp3) is 0.467. The highest BCUT2D eigenvalue weighted by atomic mass is 31.2. The predicted molar refractivity (Wildman–Crippen MR) is 90.6 cm³/mol. The van der Waals surface area contributed by atoms with E-state index in [1.807, 2.05) is 13.8 Å². The Bertz CT molecular complexity index is 581. The minimum Gasteiger partial charge on any atom is -0.351 e. The number of hydrogen-bond donors (Lipinski definition) is 4. The van der Waals surface area contributed by atoms with Gasteiger partial charge in [0.05, 0.1) is 0 Å². The second kappa shape index (κ2) is 8.82. The van der Waals surface area contributed by atoms with Gasteiger partial charge in [0.15, 0.2) is 0 Å². The molecule has 23 heavy (non-hydrogen) atoms. The van der Waals surface area contributed by atoms with Gasteiger partial charge in [-0.2, -0.15) is 0 Å². The minimum atomic E-state index is -3.27. The van der Waals surface area contributed by atoms with Crippen molar-refractivity contribution in [2.75, 3.05) is 25.1 Å². The van der Waals surface area contributed by atoms with Gasteiger partial charge in [0.1, 0.15) is 0 Å². The van der Waals surface area contributed by atoms with Crippen LogP contribution < -0.4 is 15.7 Å². The molecule has 0 saturated heterocycles. The maximum Gasteiger partial charge on any atom is 0.264 e. The van der Waals surface area contributed by atoms with Crippen LogP contribution in [0.15, 0.2) is 24.3 Å². The molecule has 1 aromatic carbocycles. The highest BCUT2D eigenvalue weighted by Crippen LogP contribution is 2.27. The molecule has 4 N–H and O–H groups in total. The Hall–Kier alpha value is -1.69. The van der Waals surface area contributed by atoms with Gasteiger partial charge >= 0.3 is 0 Å². The second-order valence-corrected chi connectivity index (χ2v) is 7.84. The highest BCUT2D eigenvalue weighted by molar-refractivity contribution is 7.54. The molecular weight excluding hydrogens is 317 g/mol. The zero-order valence-electron chi connectivity index (χ0n) is 13.6. The first-order chi connectivity index (χ1) is 10.7. The molecule has 0 fully saturated rings. The smallest absolute Gasteiger partial charge is 0.264 e. The van der Waals surface area contributed by atoms with E-state index in [2.05, 4.69) is 15.7 Å². The van der Waals surface area contributed by atoms with Gasteiger partial charge in [0, 0.05) is 37.4 Å². The van der Waals surface area contributed by atoms with Crippen molar-refractivity contribution in [2.45, 2.75) is 20.3 Å². The van der Waals surface area contributed by atoms with Crippen molar-refractivity contribution >= 4 is 25.0 Å². The fourth-order valence-corrected chi connectivity index (χ4v) is 2.36. The number of amides is 2. The first-order valence-electron chi connectivity index (χ1n) is 7.41. The molecule has 128 valence electrons. The summed E-state index contributed by atoms with van der Waals surface area (Å²) in [6.07, 6.45) is 0.446. The molecule has 1 unspecified atom stereocenters. The number of carbonyl (C=O) groups excluding carboxylic acids is 2. The lowest BCUT2D eigenvalue weighted by atomic mass is 10.1. The summed E-state index contributed by atoms with van der Waals surface area (Å²) < 4.78 is 11.0. The Morgan fingerprint density at radius 1 is 1.17 bits per heavy atom. The molecule has 0 saturated carbocycles. The molecular formula is C15H24N3O4P. The van der Waals surface area contributed by atoms with Crippen LogP contribution >= 0.6 is 7.52 Å². The molecule has 2 amide bonds. The topological polar surface area (TPSA) is 108 Å². The number of hydrogen-bond acceptors (Lipinski definition) is 3. The maximum absolute atomic E-state index is 11.9. The molecule has 7 nitrogen and oxygen atoms in total. The molecule has 0 aliphatic rings. The predicted octanol–water partition coefficient (Wildman–Crippen LogP) is 1.81. The molecule has 0 bridgehead atoms. The van der Waals surface area contributed by atoms with E-state index < -0.39 is 7.52 Å². The quantitative estimate of drug-likeness (QED) is 0.426. The van der Waals surface area contributed by atoms with Gasteiger partial charge in [0.2, 0.25) is 5.91 Å². The number of benzene rings is 1. The first-order valence-corrected chi connectivity index (χ1v) is 9.51. The van der Waals surface area contributed by atoms with Crippen LogP contribution in [0.25, 0.3) is 0 Å². The van der Waals surface area contributed by atoms with E-state index in [0.717, 1.165) is 0 Å². The molecule has 0 aliphatic heterocycles. The molecule has 1 atom stereocenters. The number of rotatable bonds is 8. The zero-order chi connectivity index (χ0) is 17.5. The first kappa shape index (κ1) is 19.4. The van der Waals surface area contributed by atoms with Crippen LogP contribution in [-0.4, -0.2) is 36.5 Å². The summed E-state index contributed by atoms with van der Waals surface area (Å²) in [6, 6.07) is 6.56. The molecule has 1 rings (SSSR count). The van der Waals surface area contributed by atoms with Gasteiger partial charge in [0.25, 0.3) is 13.4 Å². The van der Waals surface area contributed by atoms with Crippen LogP contribution in [0.5, 0.6) is 0 Å². The van der Waals surface area contributed by atoms with Gasteiger partial charge in [-0.05, 0) is 30.2 Å². The van der Waals surface area contributed by atoms with Gasteiger partial charge in [-0.3, -0.25) is 14.2 Å². The molecule has 0 aromatic heterocycles. The van der Waals surface area contributed by atoms with Crippen LogP contribution in [0.1, 0.15) is 30.6 Å². The second-order valence-electron chi connectivity index (χ2n) is 5.77.